The summed E-state index contributed by atoms with van der Waals surface area (Å²) in [6.45, 7) is 4.58. The maximum Gasteiger partial charge on any atom is 0.106 e. The van der Waals surface area contributed by atoms with Gasteiger partial charge in [-0.05, 0) is 25.7 Å². The summed E-state index contributed by atoms with van der Waals surface area (Å²) in [4.78, 5) is 0. The van der Waals surface area contributed by atoms with Crippen molar-refractivity contribution in [2.75, 3.05) is 0 Å². The summed E-state index contributed by atoms with van der Waals surface area (Å²) in [7, 11) is 0. The first-order chi connectivity index (χ1) is 21.2. The molecule has 0 aliphatic carbocycles. The predicted octanol–water partition coefficient (Wildman–Crippen LogP) is 13.3. The first kappa shape index (κ1) is 42.9. The van der Waals surface area contributed by atoms with Gasteiger partial charge in [0.05, 0.1) is 0 Å². The Hall–Kier alpha value is -0.120. The number of aliphatic hydroxyl groups is 2. The molecule has 0 heterocycles. The quantitative estimate of drug-likeness (QED) is 0.0482. The minimum absolute atomic E-state index is 0.558. The second kappa shape index (κ2) is 38.1. The Labute approximate surface area is 272 Å². The molecule has 0 saturated heterocycles. The number of aliphatic hydroxyl groups excluding tert-OH is 2. The molecule has 0 fully saturated rings. The molecule has 3 N–H and O–H groups in total. The molecule has 2 unspecified atom stereocenters. The highest BCUT2D eigenvalue weighted by Gasteiger charge is 2.09. The molecular formula is C40H83NO2. The molecule has 0 spiro atoms. The maximum atomic E-state index is 10.2. The zero-order valence-electron chi connectivity index (χ0n) is 30.0. The molecule has 0 amide bonds. The predicted molar refractivity (Wildman–Crippen MR) is 193 cm³/mol. The summed E-state index contributed by atoms with van der Waals surface area (Å²) in [6.07, 6.45) is 47.2. The van der Waals surface area contributed by atoms with Crippen molar-refractivity contribution in [1.29, 1.82) is 0 Å². The molecule has 3 nitrogen and oxygen atoms in total. The summed E-state index contributed by atoms with van der Waals surface area (Å²) in [5.41, 5.74) is 0. The Kier molecular flexibility index (Phi) is 38.0. The van der Waals surface area contributed by atoms with Crippen LogP contribution in [-0.2, 0) is 0 Å². The van der Waals surface area contributed by atoms with Crippen molar-refractivity contribution in [3.63, 3.8) is 0 Å². The van der Waals surface area contributed by atoms with Crippen molar-refractivity contribution in [2.45, 2.75) is 257 Å². The molecule has 0 bridgehead atoms. The van der Waals surface area contributed by atoms with Crippen LogP contribution in [0.5, 0.6) is 0 Å². The Morgan fingerprint density at radius 1 is 0.279 bits per heavy atom. The zero-order valence-corrected chi connectivity index (χ0v) is 30.0. The topological polar surface area (TPSA) is 52.5 Å². The Morgan fingerprint density at radius 3 is 0.628 bits per heavy atom. The molecule has 2 atom stereocenters. The average Bonchev–Trinajstić information content (AvgIpc) is 3.00. The lowest BCUT2D eigenvalue weighted by Crippen LogP contribution is -2.38. The molecule has 0 aliphatic heterocycles. The summed E-state index contributed by atoms with van der Waals surface area (Å²) in [5, 5.41) is 23.4. The second-order valence-electron chi connectivity index (χ2n) is 14.1. The molecule has 3 heteroatoms. The SMILES string of the molecule is CCCCCCCCCCCCCCCCCCCCCC(O)NC(O)CCCCCCCCCCCCCCCCC. The van der Waals surface area contributed by atoms with Gasteiger partial charge in [-0.2, -0.15) is 0 Å². The van der Waals surface area contributed by atoms with Gasteiger partial charge in [-0.3, -0.25) is 5.32 Å². The van der Waals surface area contributed by atoms with E-state index in [2.05, 4.69) is 19.2 Å². The van der Waals surface area contributed by atoms with Gasteiger partial charge in [0, 0.05) is 0 Å². The Bertz CT molecular complexity index is 485. The van der Waals surface area contributed by atoms with Gasteiger partial charge in [-0.25, -0.2) is 0 Å². The standard InChI is InChI=1S/C40H83NO2/c1-3-5-7-9-11-13-15-17-19-20-21-22-24-26-28-30-32-34-36-38-40(43)41-39(42)37-35-33-31-29-27-25-23-18-16-14-12-10-8-6-4-2/h39-43H,3-38H2,1-2H3. The molecule has 0 aliphatic rings. The van der Waals surface area contributed by atoms with E-state index in [4.69, 9.17) is 0 Å². The van der Waals surface area contributed by atoms with Crippen LogP contribution in [0.1, 0.15) is 245 Å². The Morgan fingerprint density at radius 2 is 0.442 bits per heavy atom. The van der Waals surface area contributed by atoms with E-state index >= 15 is 0 Å². The molecule has 0 radical (unpaired) electrons. The number of hydrogen-bond acceptors (Lipinski definition) is 3. The van der Waals surface area contributed by atoms with Gasteiger partial charge in [-0.1, -0.05) is 219 Å². The molecule has 0 rings (SSSR count). The van der Waals surface area contributed by atoms with E-state index in [0.29, 0.717) is 0 Å². The van der Waals surface area contributed by atoms with Crippen LogP contribution in [0.25, 0.3) is 0 Å². The summed E-state index contributed by atoms with van der Waals surface area (Å²) in [6, 6.07) is 0. The van der Waals surface area contributed by atoms with Crippen molar-refractivity contribution < 1.29 is 10.2 Å². The monoisotopic (exact) mass is 610 g/mol. The van der Waals surface area contributed by atoms with E-state index in [1.807, 2.05) is 0 Å². The van der Waals surface area contributed by atoms with E-state index in [-0.39, 0.29) is 0 Å². The van der Waals surface area contributed by atoms with Crippen LogP contribution < -0.4 is 5.32 Å². The fourth-order valence-corrected chi connectivity index (χ4v) is 6.51. The molecule has 0 aromatic rings. The molecule has 43 heavy (non-hydrogen) atoms. The van der Waals surface area contributed by atoms with Gasteiger partial charge < -0.3 is 10.2 Å². The highest BCUT2D eigenvalue weighted by atomic mass is 16.3. The number of rotatable bonds is 38. The van der Waals surface area contributed by atoms with Crippen LogP contribution in [0.2, 0.25) is 0 Å². The van der Waals surface area contributed by atoms with Crippen LogP contribution in [0.15, 0.2) is 0 Å². The van der Waals surface area contributed by atoms with Crippen LogP contribution >= 0.6 is 0 Å². The Balaban J connectivity index is 3.25. The van der Waals surface area contributed by atoms with E-state index in [9.17, 15) is 10.2 Å². The van der Waals surface area contributed by atoms with Crippen molar-refractivity contribution in [3.8, 4) is 0 Å². The summed E-state index contributed by atoms with van der Waals surface area (Å²) in [5.74, 6) is 0. The molecule has 0 aromatic carbocycles. The fraction of sp³-hybridized carbons (Fsp3) is 1.00. The number of hydrogen-bond donors (Lipinski definition) is 3. The van der Waals surface area contributed by atoms with Crippen molar-refractivity contribution >= 4 is 0 Å². The molecule has 0 aromatic heterocycles. The number of unbranched alkanes of at least 4 members (excludes halogenated alkanes) is 32. The number of nitrogens with one attached hydrogen (secondary N) is 1. The lowest BCUT2D eigenvalue weighted by Gasteiger charge is -2.18. The summed E-state index contributed by atoms with van der Waals surface area (Å²) < 4.78 is 0. The molecule has 260 valence electrons. The van der Waals surface area contributed by atoms with Gasteiger partial charge in [-0.15, -0.1) is 0 Å². The van der Waals surface area contributed by atoms with Crippen LogP contribution in [0, 0.1) is 0 Å². The minimum atomic E-state index is -0.558. The summed E-state index contributed by atoms with van der Waals surface area (Å²) >= 11 is 0. The highest BCUT2D eigenvalue weighted by Crippen LogP contribution is 2.16. The lowest BCUT2D eigenvalue weighted by molar-refractivity contribution is 0.0310. The maximum absolute atomic E-state index is 10.2. The van der Waals surface area contributed by atoms with Crippen molar-refractivity contribution in [2.24, 2.45) is 0 Å². The molecule has 0 saturated carbocycles. The third kappa shape index (κ3) is 38.0. The highest BCUT2D eigenvalue weighted by molar-refractivity contribution is 4.60. The third-order valence-corrected chi connectivity index (χ3v) is 9.55. The zero-order chi connectivity index (χ0) is 31.3. The smallest absolute Gasteiger partial charge is 0.106 e. The van der Waals surface area contributed by atoms with Crippen LogP contribution in [0.4, 0.5) is 0 Å². The third-order valence-electron chi connectivity index (χ3n) is 9.55. The van der Waals surface area contributed by atoms with Crippen LogP contribution in [0.3, 0.4) is 0 Å². The normalized spacial score (nSPS) is 13.1. The lowest BCUT2D eigenvalue weighted by atomic mass is 10.0. The second-order valence-corrected chi connectivity index (χ2v) is 14.1. The van der Waals surface area contributed by atoms with Crippen LogP contribution in [-0.4, -0.2) is 22.7 Å². The van der Waals surface area contributed by atoms with E-state index < -0.39 is 12.5 Å². The van der Waals surface area contributed by atoms with Gasteiger partial charge in [0.1, 0.15) is 12.5 Å². The molecular weight excluding hydrogens is 526 g/mol. The van der Waals surface area contributed by atoms with Crippen molar-refractivity contribution in [3.05, 3.63) is 0 Å². The minimum Gasteiger partial charge on any atom is -0.379 e. The van der Waals surface area contributed by atoms with Gasteiger partial charge >= 0.3 is 0 Å². The van der Waals surface area contributed by atoms with E-state index in [0.717, 1.165) is 25.7 Å². The first-order valence-electron chi connectivity index (χ1n) is 20.3. The largest absolute Gasteiger partial charge is 0.379 e. The van der Waals surface area contributed by atoms with Gasteiger partial charge in [0.25, 0.3) is 0 Å². The first-order valence-corrected chi connectivity index (χ1v) is 20.3. The van der Waals surface area contributed by atoms with Crippen molar-refractivity contribution in [1.82, 2.24) is 5.32 Å². The van der Waals surface area contributed by atoms with E-state index in [1.165, 1.54) is 205 Å². The van der Waals surface area contributed by atoms with Gasteiger partial charge in [0.15, 0.2) is 0 Å². The van der Waals surface area contributed by atoms with Gasteiger partial charge in [0.2, 0.25) is 0 Å². The van der Waals surface area contributed by atoms with E-state index in [1.54, 1.807) is 0 Å². The average molecular weight is 610 g/mol. The fourth-order valence-electron chi connectivity index (χ4n) is 6.51.